The van der Waals surface area contributed by atoms with Crippen LogP contribution in [0.3, 0.4) is 0 Å². The second-order valence-corrected chi connectivity index (χ2v) is 3.63. The Bertz CT molecular complexity index is 325. The highest BCUT2D eigenvalue weighted by Crippen LogP contribution is 2.17. The van der Waals surface area contributed by atoms with Gasteiger partial charge in [-0.15, -0.1) is 0 Å². The topological polar surface area (TPSA) is 29.1 Å². The van der Waals surface area contributed by atoms with Gasteiger partial charge in [-0.05, 0) is 24.6 Å². The summed E-state index contributed by atoms with van der Waals surface area (Å²) in [6.45, 7) is 3.78. The fourth-order valence-electron chi connectivity index (χ4n) is 1.20. The highest BCUT2D eigenvalue weighted by molar-refractivity contribution is 6.30. The summed E-state index contributed by atoms with van der Waals surface area (Å²) in [5.41, 5.74) is 1.03. The molecule has 0 saturated carbocycles. The van der Waals surface area contributed by atoms with Crippen LogP contribution < -0.4 is 5.32 Å². The molecular weight excluding hydrogens is 198 g/mol. The third-order valence-electron chi connectivity index (χ3n) is 2.05. The highest BCUT2D eigenvalue weighted by Gasteiger charge is 2.07. The Morgan fingerprint density at radius 2 is 2.29 bits per heavy atom. The van der Waals surface area contributed by atoms with Crippen molar-refractivity contribution in [3.05, 3.63) is 34.9 Å². The third-order valence-corrected chi connectivity index (χ3v) is 2.28. The number of benzene rings is 1. The molecule has 14 heavy (non-hydrogen) atoms. The normalized spacial score (nSPS) is 12.2. The summed E-state index contributed by atoms with van der Waals surface area (Å²) in [6, 6.07) is 7.53. The number of nitrogens with one attached hydrogen (secondary N) is 1. The lowest BCUT2D eigenvalue weighted by Crippen LogP contribution is -2.25. The average molecular weight is 212 g/mol. The molecule has 0 aliphatic carbocycles. The van der Waals surface area contributed by atoms with Crippen LogP contribution in [0.1, 0.15) is 31.9 Å². The van der Waals surface area contributed by atoms with Crippen molar-refractivity contribution in [3.63, 3.8) is 0 Å². The molecule has 1 aromatic rings. The molecule has 0 aromatic heterocycles. The Balaban J connectivity index is 2.69. The molecule has 0 aliphatic rings. The molecule has 2 nitrogen and oxygen atoms in total. The molecule has 1 rings (SSSR count). The average Bonchev–Trinajstić information content (AvgIpc) is 2.17. The lowest BCUT2D eigenvalue weighted by Gasteiger charge is -2.13. The molecule has 76 valence electrons. The zero-order valence-corrected chi connectivity index (χ0v) is 9.14. The van der Waals surface area contributed by atoms with Crippen LogP contribution in [0, 0.1) is 0 Å². The maximum atomic E-state index is 11.1. The first kappa shape index (κ1) is 11.1. The summed E-state index contributed by atoms with van der Waals surface area (Å²) in [6.07, 6.45) is 0.505. The van der Waals surface area contributed by atoms with E-state index in [0.717, 1.165) is 5.56 Å². The molecule has 0 heterocycles. The molecular formula is C11H14ClNO. The minimum Gasteiger partial charge on any atom is -0.350 e. The quantitative estimate of drug-likeness (QED) is 0.819. The standard InChI is InChI=1S/C11H14ClNO/c1-3-11(14)13-8(2)9-5-4-6-10(12)7-9/h4-8H,3H2,1-2H3,(H,13,14)/t8-/m0/s1. The Morgan fingerprint density at radius 1 is 1.57 bits per heavy atom. The number of hydrogen-bond donors (Lipinski definition) is 1. The Morgan fingerprint density at radius 3 is 2.86 bits per heavy atom. The third kappa shape index (κ3) is 3.04. The first-order valence-electron chi connectivity index (χ1n) is 4.68. The zero-order valence-electron chi connectivity index (χ0n) is 8.38. The van der Waals surface area contributed by atoms with Gasteiger partial charge in [0.05, 0.1) is 6.04 Å². The van der Waals surface area contributed by atoms with Crippen LogP contribution in [0.4, 0.5) is 0 Å². The van der Waals surface area contributed by atoms with Gasteiger partial charge in [-0.25, -0.2) is 0 Å². The molecule has 1 atom stereocenters. The van der Waals surface area contributed by atoms with E-state index >= 15 is 0 Å². The second-order valence-electron chi connectivity index (χ2n) is 3.20. The van der Waals surface area contributed by atoms with E-state index in [9.17, 15) is 4.79 Å². The lowest BCUT2D eigenvalue weighted by atomic mass is 10.1. The summed E-state index contributed by atoms with van der Waals surface area (Å²) in [5, 5.41) is 3.57. The predicted molar refractivity (Wildman–Crippen MR) is 58.3 cm³/mol. The largest absolute Gasteiger partial charge is 0.350 e. The summed E-state index contributed by atoms with van der Waals surface area (Å²) in [5.74, 6) is 0.0532. The molecule has 0 aliphatic heterocycles. The monoisotopic (exact) mass is 211 g/mol. The smallest absolute Gasteiger partial charge is 0.220 e. The number of carbonyl (C=O) groups is 1. The van der Waals surface area contributed by atoms with Crippen molar-refractivity contribution in [1.29, 1.82) is 0 Å². The van der Waals surface area contributed by atoms with Crippen molar-refractivity contribution in [3.8, 4) is 0 Å². The second kappa shape index (κ2) is 5.01. The van der Waals surface area contributed by atoms with Crippen LogP contribution in [0.15, 0.2) is 24.3 Å². The van der Waals surface area contributed by atoms with E-state index in [0.29, 0.717) is 11.4 Å². The number of hydrogen-bond acceptors (Lipinski definition) is 1. The SMILES string of the molecule is CCC(=O)N[C@@H](C)c1cccc(Cl)c1. The van der Waals surface area contributed by atoms with E-state index in [2.05, 4.69) is 5.32 Å². The van der Waals surface area contributed by atoms with Gasteiger partial charge in [-0.3, -0.25) is 4.79 Å². The van der Waals surface area contributed by atoms with Gasteiger partial charge in [0.1, 0.15) is 0 Å². The first-order chi connectivity index (χ1) is 6.63. The van der Waals surface area contributed by atoms with E-state index in [-0.39, 0.29) is 11.9 Å². The van der Waals surface area contributed by atoms with Crippen LogP contribution in [-0.4, -0.2) is 5.91 Å². The number of carbonyl (C=O) groups excluding carboxylic acids is 1. The van der Waals surface area contributed by atoms with Gasteiger partial charge in [0.2, 0.25) is 5.91 Å². The van der Waals surface area contributed by atoms with Crippen molar-refractivity contribution in [2.75, 3.05) is 0 Å². The summed E-state index contributed by atoms with van der Waals surface area (Å²) in [7, 11) is 0. The molecule has 0 bridgehead atoms. The number of amides is 1. The maximum Gasteiger partial charge on any atom is 0.220 e. The van der Waals surface area contributed by atoms with Gasteiger partial charge in [0, 0.05) is 11.4 Å². The first-order valence-corrected chi connectivity index (χ1v) is 5.06. The van der Waals surface area contributed by atoms with Crippen molar-refractivity contribution < 1.29 is 4.79 Å². The zero-order chi connectivity index (χ0) is 10.6. The van der Waals surface area contributed by atoms with Gasteiger partial charge in [-0.1, -0.05) is 30.7 Å². The minimum absolute atomic E-state index is 0.0150. The molecule has 1 N–H and O–H groups in total. The molecule has 3 heteroatoms. The van der Waals surface area contributed by atoms with Gasteiger partial charge in [-0.2, -0.15) is 0 Å². The number of rotatable bonds is 3. The summed E-state index contributed by atoms with van der Waals surface area (Å²) < 4.78 is 0. The Kier molecular flexibility index (Phi) is 3.96. The van der Waals surface area contributed by atoms with Crippen molar-refractivity contribution >= 4 is 17.5 Å². The maximum absolute atomic E-state index is 11.1. The molecule has 1 amide bonds. The fraction of sp³-hybridized carbons (Fsp3) is 0.364. The van der Waals surface area contributed by atoms with Crippen LogP contribution in [0.25, 0.3) is 0 Å². The fourth-order valence-corrected chi connectivity index (χ4v) is 1.40. The van der Waals surface area contributed by atoms with Crippen LogP contribution in [-0.2, 0) is 4.79 Å². The molecule has 1 aromatic carbocycles. The predicted octanol–water partition coefficient (Wildman–Crippen LogP) is 2.93. The van der Waals surface area contributed by atoms with Crippen LogP contribution >= 0.6 is 11.6 Å². The van der Waals surface area contributed by atoms with E-state index < -0.39 is 0 Å². The molecule has 0 unspecified atom stereocenters. The highest BCUT2D eigenvalue weighted by atomic mass is 35.5. The van der Waals surface area contributed by atoms with Crippen molar-refractivity contribution in [2.45, 2.75) is 26.3 Å². The Hall–Kier alpha value is -1.02. The van der Waals surface area contributed by atoms with E-state index in [1.807, 2.05) is 38.1 Å². The van der Waals surface area contributed by atoms with Crippen molar-refractivity contribution in [1.82, 2.24) is 5.32 Å². The van der Waals surface area contributed by atoms with Crippen LogP contribution in [0.5, 0.6) is 0 Å². The van der Waals surface area contributed by atoms with E-state index in [1.165, 1.54) is 0 Å². The Labute approximate surface area is 89.3 Å². The van der Waals surface area contributed by atoms with Gasteiger partial charge in [0.15, 0.2) is 0 Å². The van der Waals surface area contributed by atoms with Gasteiger partial charge in [0.25, 0.3) is 0 Å². The summed E-state index contributed by atoms with van der Waals surface area (Å²) in [4.78, 5) is 11.1. The summed E-state index contributed by atoms with van der Waals surface area (Å²) >= 11 is 5.85. The molecule has 0 radical (unpaired) electrons. The van der Waals surface area contributed by atoms with E-state index in [1.54, 1.807) is 0 Å². The van der Waals surface area contributed by atoms with Crippen molar-refractivity contribution in [2.24, 2.45) is 0 Å². The number of halogens is 1. The molecule has 0 saturated heterocycles. The van der Waals surface area contributed by atoms with Gasteiger partial charge < -0.3 is 5.32 Å². The van der Waals surface area contributed by atoms with Gasteiger partial charge >= 0.3 is 0 Å². The molecule has 0 fully saturated rings. The van der Waals surface area contributed by atoms with E-state index in [4.69, 9.17) is 11.6 Å². The minimum atomic E-state index is 0.0150. The van der Waals surface area contributed by atoms with Crippen LogP contribution in [0.2, 0.25) is 5.02 Å². The molecule has 0 spiro atoms. The lowest BCUT2D eigenvalue weighted by molar-refractivity contribution is -0.121.